The Morgan fingerprint density at radius 3 is 1.72 bits per heavy atom. The molecule has 0 aliphatic carbocycles. The van der Waals surface area contributed by atoms with Crippen LogP contribution in [0, 0.1) is 5.92 Å². The normalized spacial score (nSPS) is 12.4. The Kier molecular flexibility index (Phi) is 26.2. The molecule has 0 saturated carbocycles. The largest absolute Gasteiger partial charge is 0.463 e. The molecule has 0 aromatic carbocycles. The van der Waals surface area contributed by atoms with Crippen molar-refractivity contribution in [2.45, 2.75) is 149 Å². The molecule has 6 heteroatoms. The van der Waals surface area contributed by atoms with E-state index in [1.807, 2.05) is 12.2 Å². The third-order valence-corrected chi connectivity index (χ3v) is 6.59. The van der Waals surface area contributed by atoms with E-state index in [1.54, 1.807) is 6.08 Å². The fraction of sp³-hybridized carbons (Fsp3) is 0.788. The van der Waals surface area contributed by atoms with Crippen LogP contribution in [0.25, 0.3) is 0 Å². The Labute approximate surface area is 239 Å². The standard InChI is InChI=1S/C33H58O6/c1-4-5-6-7-8-13-18-23-30(34)24-19-14-11-16-21-26-33(37)39-28-31(35)27-38-32(36)25-20-15-10-9-12-17-22-29(2)3/h8,13,18,23,29,31,35H,4-7,9-12,14-17,19-22,24-28H2,1-3H3/b13-8-,23-18+/t31-/m1/s1. The molecule has 0 saturated heterocycles. The van der Waals surface area contributed by atoms with Gasteiger partial charge in [0, 0.05) is 19.3 Å². The van der Waals surface area contributed by atoms with E-state index in [0.29, 0.717) is 19.3 Å². The van der Waals surface area contributed by atoms with Gasteiger partial charge in [0.15, 0.2) is 5.78 Å². The Bertz CT molecular complexity index is 667. The van der Waals surface area contributed by atoms with E-state index in [2.05, 4.69) is 26.8 Å². The van der Waals surface area contributed by atoms with Crippen molar-refractivity contribution in [2.24, 2.45) is 5.92 Å². The van der Waals surface area contributed by atoms with Gasteiger partial charge in [0.2, 0.25) is 0 Å². The van der Waals surface area contributed by atoms with Crippen molar-refractivity contribution in [1.82, 2.24) is 0 Å². The summed E-state index contributed by atoms with van der Waals surface area (Å²) >= 11 is 0. The molecule has 39 heavy (non-hydrogen) atoms. The maximum absolute atomic E-state index is 11.9. The second kappa shape index (κ2) is 27.6. The van der Waals surface area contributed by atoms with Crippen molar-refractivity contribution in [1.29, 1.82) is 0 Å². The molecule has 1 N–H and O–H groups in total. The lowest BCUT2D eigenvalue weighted by atomic mass is 10.0. The number of hydrogen-bond acceptors (Lipinski definition) is 6. The summed E-state index contributed by atoms with van der Waals surface area (Å²) < 4.78 is 10.2. The fourth-order valence-corrected chi connectivity index (χ4v) is 4.13. The van der Waals surface area contributed by atoms with Crippen LogP contribution in [-0.4, -0.2) is 42.1 Å². The van der Waals surface area contributed by atoms with Gasteiger partial charge in [-0.15, -0.1) is 0 Å². The number of ketones is 1. The summed E-state index contributed by atoms with van der Waals surface area (Å²) in [6, 6.07) is 0. The highest BCUT2D eigenvalue weighted by Crippen LogP contribution is 2.12. The minimum atomic E-state index is -0.998. The second-order valence-electron chi connectivity index (χ2n) is 11.1. The summed E-state index contributed by atoms with van der Waals surface area (Å²) in [4.78, 5) is 35.5. The number of carbonyl (C=O) groups excluding carboxylic acids is 3. The van der Waals surface area contributed by atoms with Gasteiger partial charge in [-0.1, -0.05) is 110 Å². The van der Waals surface area contributed by atoms with Crippen molar-refractivity contribution in [3.8, 4) is 0 Å². The van der Waals surface area contributed by atoms with Gasteiger partial charge in [-0.05, 0) is 44.1 Å². The average Bonchev–Trinajstić information content (AvgIpc) is 2.90. The number of allylic oxidation sites excluding steroid dienone is 4. The van der Waals surface area contributed by atoms with Crippen molar-refractivity contribution in [3.63, 3.8) is 0 Å². The van der Waals surface area contributed by atoms with Crippen LogP contribution in [0.4, 0.5) is 0 Å². The van der Waals surface area contributed by atoms with E-state index in [0.717, 1.165) is 63.7 Å². The summed E-state index contributed by atoms with van der Waals surface area (Å²) in [6.45, 7) is 6.37. The van der Waals surface area contributed by atoms with E-state index in [1.165, 1.54) is 44.9 Å². The molecule has 0 fully saturated rings. The zero-order valence-corrected chi connectivity index (χ0v) is 25.3. The average molecular weight is 551 g/mol. The molecule has 0 amide bonds. The first-order valence-corrected chi connectivity index (χ1v) is 15.7. The SMILES string of the molecule is CCCCC/C=C\C=C\C(=O)CCCCCCCC(=O)OC[C@H](O)COC(=O)CCCCCCCCC(C)C. The highest BCUT2D eigenvalue weighted by atomic mass is 16.6. The van der Waals surface area contributed by atoms with Crippen LogP contribution < -0.4 is 0 Å². The number of ether oxygens (including phenoxy) is 2. The minimum absolute atomic E-state index is 0.148. The van der Waals surface area contributed by atoms with Gasteiger partial charge in [-0.25, -0.2) is 0 Å². The van der Waals surface area contributed by atoms with Gasteiger partial charge in [0.25, 0.3) is 0 Å². The molecule has 6 nitrogen and oxygen atoms in total. The molecule has 0 heterocycles. The number of rotatable bonds is 27. The second-order valence-corrected chi connectivity index (χ2v) is 11.1. The molecule has 0 aromatic heterocycles. The third kappa shape index (κ3) is 28.9. The lowest BCUT2D eigenvalue weighted by Crippen LogP contribution is -2.25. The molecule has 1 atom stereocenters. The number of esters is 2. The molecule has 226 valence electrons. The van der Waals surface area contributed by atoms with Crippen molar-refractivity contribution in [3.05, 3.63) is 24.3 Å². The van der Waals surface area contributed by atoms with Crippen LogP contribution in [0.5, 0.6) is 0 Å². The number of hydrogen-bond donors (Lipinski definition) is 1. The van der Waals surface area contributed by atoms with E-state index in [-0.39, 0.29) is 30.9 Å². The highest BCUT2D eigenvalue weighted by Gasteiger charge is 2.12. The Morgan fingerprint density at radius 2 is 1.18 bits per heavy atom. The predicted molar refractivity (Wildman–Crippen MR) is 159 cm³/mol. The van der Waals surface area contributed by atoms with E-state index in [4.69, 9.17) is 9.47 Å². The van der Waals surface area contributed by atoms with Crippen molar-refractivity contribution >= 4 is 17.7 Å². The summed E-state index contributed by atoms with van der Waals surface area (Å²) in [5, 5.41) is 9.91. The number of aliphatic hydroxyl groups excluding tert-OH is 1. The molecule has 0 unspecified atom stereocenters. The first-order chi connectivity index (χ1) is 18.8. The fourth-order valence-electron chi connectivity index (χ4n) is 4.13. The smallest absolute Gasteiger partial charge is 0.305 e. The molecule has 0 aliphatic heterocycles. The quantitative estimate of drug-likeness (QED) is 0.0480. The van der Waals surface area contributed by atoms with Gasteiger partial charge < -0.3 is 14.6 Å². The van der Waals surface area contributed by atoms with Crippen LogP contribution in [0.15, 0.2) is 24.3 Å². The topological polar surface area (TPSA) is 89.9 Å². The molecule has 0 rings (SSSR count). The maximum Gasteiger partial charge on any atom is 0.305 e. The third-order valence-electron chi connectivity index (χ3n) is 6.59. The molecule has 0 bridgehead atoms. The zero-order valence-electron chi connectivity index (χ0n) is 25.3. The van der Waals surface area contributed by atoms with E-state index in [9.17, 15) is 19.5 Å². The van der Waals surface area contributed by atoms with Gasteiger partial charge in [-0.3, -0.25) is 14.4 Å². The molecular formula is C33H58O6. The van der Waals surface area contributed by atoms with Crippen molar-refractivity contribution < 1.29 is 29.0 Å². The van der Waals surface area contributed by atoms with E-state index >= 15 is 0 Å². The number of carbonyl (C=O) groups is 3. The van der Waals surface area contributed by atoms with Crippen LogP contribution in [0.2, 0.25) is 0 Å². The van der Waals surface area contributed by atoms with Crippen LogP contribution in [0.1, 0.15) is 143 Å². The molecular weight excluding hydrogens is 492 g/mol. The Hall–Kier alpha value is -1.95. The summed E-state index contributed by atoms with van der Waals surface area (Å²) in [5.74, 6) is 0.262. The Morgan fingerprint density at radius 1 is 0.667 bits per heavy atom. The van der Waals surface area contributed by atoms with Gasteiger partial charge in [0.1, 0.15) is 19.3 Å². The maximum atomic E-state index is 11.9. The van der Waals surface area contributed by atoms with Crippen LogP contribution in [0.3, 0.4) is 0 Å². The number of unbranched alkanes of at least 4 members (excludes halogenated alkanes) is 12. The van der Waals surface area contributed by atoms with Crippen LogP contribution >= 0.6 is 0 Å². The van der Waals surface area contributed by atoms with Gasteiger partial charge in [-0.2, -0.15) is 0 Å². The van der Waals surface area contributed by atoms with E-state index < -0.39 is 6.10 Å². The number of aliphatic hydroxyl groups is 1. The summed E-state index contributed by atoms with van der Waals surface area (Å²) in [7, 11) is 0. The first-order valence-electron chi connectivity index (χ1n) is 15.7. The molecule has 0 aliphatic rings. The zero-order chi connectivity index (χ0) is 29.0. The Balaban J connectivity index is 3.58. The monoisotopic (exact) mass is 550 g/mol. The van der Waals surface area contributed by atoms with Crippen molar-refractivity contribution in [2.75, 3.05) is 13.2 Å². The molecule has 0 radical (unpaired) electrons. The predicted octanol–water partition coefficient (Wildman–Crippen LogP) is 8.20. The lowest BCUT2D eigenvalue weighted by Gasteiger charge is -2.12. The lowest BCUT2D eigenvalue weighted by molar-refractivity contribution is -0.152. The minimum Gasteiger partial charge on any atom is -0.463 e. The van der Waals surface area contributed by atoms with Gasteiger partial charge >= 0.3 is 11.9 Å². The van der Waals surface area contributed by atoms with Crippen LogP contribution in [-0.2, 0) is 23.9 Å². The van der Waals surface area contributed by atoms with Gasteiger partial charge in [0.05, 0.1) is 0 Å². The molecule has 0 spiro atoms. The first kappa shape index (κ1) is 37.0. The highest BCUT2D eigenvalue weighted by molar-refractivity contribution is 5.89. The summed E-state index contributed by atoms with van der Waals surface area (Å²) in [6.07, 6.45) is 24.9. The molecule has 0 aromatic rings. The summed E-state index contributed by atoms with van der Waals surface area (Å²) in [5.41, 5.74) is 0.